The molecule has 0 unspecified atom stereocenters. The summed E-state index contributed by atoms with van der Waals surface area (Å²) < 4.78 is 5.14. The molecule has 1 aromatic carbocycles. The zero-order chi connectivity index (χ0) is 15.9. The van der Waals surface area contributed by atoms with Gasteiger partial charge in [-0.2, -0.15) is 0 Å². The molecule has 1 N–H and O–H groups in total. The Bertz CT molecular complexity index is 663. The largest absolute Gasteiger partial charge is 0.497 e. The summed E-state index contributed by atoms with van der Waals surface area (Å²) in [5.74, 6) is 0.815. The van der Waals surface area contributed by atoms with Gasteiger partial charge < -0.3 is 10.1 Å². The summed E-state index contributed by atoms with van der Waals surface area (Å²) in [6.07, 6.45) is 1.07. The smallest absolute Gasteiger partial charge is 0.224 e. The molecule has 1 aromatic heterocycles. The van der Waals surface area contributed by atoms with Gasteiger partial charge in [0.25, 0.3) is 0 Å². The number of rotatable bonds is 7. The molecule has 0 atom stereocenters. The lowest BCUT2D eigenvalue weighted by Gasteiger charge is -2.06. The van der Waals surface area contributed by atoms with Crippen LogP contribution in [0.2, 0.25) is 0 Å². The molecule has 2 aromatic rings. The molecule has 0 saturated heterocycles. The maximum atomic E-state index is 11.9. The number of hydrogen-bond donors (Lipinski definition) is 1. The Morgan fingerprint density at radius 3 is 2.73 bits per heavy atom. The zero-order valence-electron chi connectivity index (χ0n) is 12.7. The number of Topliss-reactive ketones (excluding diaryl/α,β-unsaturated/α-hetero) is 1. The van der Waals surface area contributed by atoms with E-state index >= 15 is 0 Å². The fraction of sp³-hybridized carbons (Fsp3) is 0.294. The standard InChI is InChI=1S/C17H19NO3S/c1-12(19)16-7-6-15(22-16)8-9-18-17(20)11-13-4-3-5-14(10-13)21-2/h3-7,10H,8-9,11H2,1-2H3,(H,18,20). The first kappa shape index (κ1) is 16.2. The molecule has 2 rings (SSSR count). The van der Waals surface area contributed by atoms with Crippen LogP contribution < -0.4 is 10.1 Å². The van der Waals surface area contributed by atoms with E-state index in [9.17, 15) is 9.59 Å². The molecule has 0 aliphatic carbocycles. The van der Waals surface area contributed by atoms with Gasteiger partial charge in [-0.05, 0) is 43.2 Å². The molecule has 0 fully saturated rings. The van der Waals surface area contributed by atoms with E-state index < -0.39 is 0 Å². The summed E-state index contributed by atoms with van der Waals surface area (Å²) in [5, 5.41) is 2.90. The van der Waals surface area contributed by atoms with Gasteiger partial charge in [-0.15, -0.1) is 11.3 Å². The third-order valence-electron chi connectivity index (χ3n) is 3.20. The van der Waals surface area contributed by atoms with Gasteiger partial charge in [0.05, 0.1) is 18.4 Å². The fourth-order valence-corrected chi connectivity index (χ4v) is 2.96. The second-order valence-electron chi connectivity index (χ2n) is 4.95. The lowest BCUT2D eigenvalue weighted by molar-refractivity contribution is -0.120. The number of hydrogen-bond acceptors (Lipinski definition) is 4. The topological polar surface area (TPSA) is 55.4 Å². The van der Waals surface area contributed by atoms with Crippen LogP contribution in [0.4, 0.5) is 0 Å². The first-order valence-electron chi connectivity index (χ1n) is 7.08. The number of carbonyl (C=O) groups is 2. The van der Waals surface area contributed by atoms with E-state index in [1.165, 1.54) is 11.3 Å². The van der Waals surface area contributed by atoms with E-state index in [4.69, 9.17) is 4.74 Å². The number of benzene rings is 1. The number of methoxy groups -OCH3 is 1. The van der Waals surface area contributed by atoms with Crippen molar-refractivity contribution in [3.05, 3.63) is 51.7 Å². The number of nitrogens with one attached hydrogen (secondary N) is 1. The molecule has 0 saturated carbocycles. The number of ether oxygens (including phenoxy) is 1. The fourth-order valence-electron chi connectivity index (χ4n) is 2.06. The third kappa shape index (κ3) is 4.70. The Hall–Kier alpha value is -2.14. The third-order valence-corrected chi connectivity index (χ3v) is 4.45. The predicted molar refractivity (Wildman–Crippen MR) is 87.7 cm³/mol. The summed E-state index contributed by atoms with van der Waals surface area (Å²) in [6.45, 7) is 2.13. The SMILES string of the molecule is COc1cccc(CC(=O)NCCc2ccc(C(C)=O)s2)c1. The van der Waals surface area contributed by atoms with E-state index in [0.29, 0.717) is 13.0 Å². The van der Waals surface area contributed by atoms with E-state index in [-0.39, 0.29) is 11.7 Å². The van der Waals surface area contributed by atoms with Crippen molar-refractivity contribution >= 4 is 23.0 Å². The molecule has 0 radical (unpaired) electrons. The van der Waals surface area contributed by atoms with Crippen molar-refractivity contribution in [1.29, 1.82) is 0 Å². The van der Waals surface area contributed by atoms with Gasteiger partial charge in [0.15, 0.2) is 5.78 Å². The van der Waals surface area contributed by atoms with Gasteiger partial charge in [0, 0.05) is 11.4 Å². The zero-order valence-corrected chi connectivity index (χ0v) is 13.5. The minimum Gasteiger partial charge on any atom is -0.497 e. The van der Waals surface area contributed by atoms with Crippen LogP contribution in [0.1, 0.15) is 27.0 Å². The van der Waals surface area contributed by atoms with Crippen LogP contribution in [-0.4, -0.2) is 25.3 Å². The average Bonchev–Trinajstić information content (AvgIpc) is 2.96. The Morgan fingerprint density at radius 1 is 1.23 bits per heavy atom. The Labute approximate surface area is 134 Å². The highest BCUT2D eigenvalue weighted by molar-refractivity contribution is 7.14. The quantitative estimate of drug-likeness (QED) is 0.799. The molecular formula is C17H19NO3S. The van der Waals surface area contributed by atoms with Gasteiger partial charge in [0.2, 0.25) is 5.91 Å². The average molecular weight is 317 g/mol. The van der Waals surface area contributed by atoms with E-state index in [1.54, 1.807) is 14.0 Å². The molecule has 116 valence electrons. The number of thiophene rings is 1. The highest BCUT2D eigenvalue weighted by Crippen LogP contribution is 2.17. The van der Waals surface area contributed by atoms with E-state index in [1.807, 2.05) is 36.4 Å². The Balaban J connectivity index is 1.78. The predicted octanol–water partition coefficient (Wildman–Crippen LogP) is 2.86. The number of ketones is 1. The molecule has 0 bridgehead atoms. The van der Waals surface area contributed by atoms with Crippen molar-refractivity contribution in [2.45, 2.75) is 19.8 Å². The van der Waals surface area contributed by atoms with Crippen LogP contribution in [0, 0.1) is 0 Å². The molecule has 0 aliphatic rings. The second kappa shape index (κ2) is 7.75. The van der Waals surface area contributed by atoms with E-state index in [0.717, 1.165) is 27.5 Å². The highest BCUT2D eigenvalue weighted by atomic mass is 32.1. The molecule has 1 heterocycles. The Morgan fingerprint density at radius 2 is 2.05 bits per heavy atom. The van der Waals surface area contributed by atoms with Crippen molar-refractivity contribution in [3.8, 4) is 5.75 Å². The molecule has 0 aliphatic heterocycles. The van der Waals surface area contributed by atoms with Crippen molar-refractivity contribution < 1.29 is 14.3 Å². The first-order chi connectivity index (χ1) is 10.6. The van der Waals surface area contributed by atoms with E-state index in [2.05, 4.69) is 5.32 Å². The van der Waals surface area contributed by atoms with Crippen molar-refractivity contribution in [3.63, 3.8) is 0 Å². The lowest BCUT2D eigenvalue weighted by atomic mass is 10.1. The van der Waals surface area contributed by atoms with Crippen molar-refractivity contribution in [2.24, 2.45) is 0 Å². The summed E-state index contributed by atoms with van der Waals surface area (Å²) in [5.41, 5.74) is 0.923. The maximum Gasteiger partial charge on any atom is 0.224 e. The second-order valence-corrected chi connectivity index (χ2v) is 6.12. The minimum absolute atomic E-state index is 0.0170. The lowest BCUT2D eigenvalue weighted by Crippen LogP contribution is -2.27. The molecule has 1 amide bonds. The first-order valence-corrected chi connectivity index (χ1v) is 7.89. The van der Waals surface area contributed by atoms with Crippen LogP contribution >= 0.6 is 11.3 Å². The van der Waals surface area contributed by atoms with Crippen LogP contribution in [-0.2, 0) is 17.6 Å². The monoisotopic (exact) mass is 317 g/mol. The normalized spacial score (nSPS) is 10.3. The number of carbonyl (C=O) groups excluding carboxylic acids is 2. The van der Waals surface area contributed by atoms with Crippen LogP contribution in [0.3, 0.4) is 0 Å². The molecule has 4 nitrogen and oxygen atoms in total. The van der Waals surface area contributed by atoms with Gasteiger partial charge in [-0.1, -0.05) is 12.1 Å². The molecule has 5 heteroatoms. The Kier molecular flexibility index (Phi) is 5.72. The molecule has 0 spiro atoms. The van der Waals surface area contributed by atoms with Crippen LogP contribution in [0.15, 0.2) is 36.4 Å². The maximum absolute atomic E-state index is 11.9. The van der Waals surface area contributed by atoms with Gasteiger partial charge in [-0.3, -0.25) is 9.59 Å². The van der Waals surface area contributed by atoms with Gasteiger partial charge >= 0.3 is 0 Å². The molecular weight excluding hydrogens is 298 g/mol. The minimum atomic E-state index is -0.0170. The van der Waals surface area contributed by atoms with Gasteiger partial charge in [0.1, 0.15) is 5.75 Å². The van der Waals surface area contributed by atoms with Crippen LogP contribution in [0.25, 0.3) is 0 Å². The highest BCUT2D eigenvalue weighted by Gasteiger charge is 2.06. The summed E-state index contributed by atoms with van der Waals surface area (Å²) >= 11 is 1.48. The summed E-state index contributed by atoms with van der Waals surface area (Å²) in [4.78, 5) is 25.0. The molecule has 22 heavy (non-hydrogen) atoms. The van der Waals surface area contributed by atoms with Crippen molar-refractivity contribution in [1.82, 2.24) is 5.32 Å². The summed E-state index contributed by atoms with van der Waals surface area (Å²) in [6, 6.07) is 11.3. The van der Waals surface area contributed by atoms with Crippen LogP contribution in [0.5, 0.6) is 5.75 Å². The van der Waals surface area contributed by atoms with Gasteiger partial charge in [-0.25, -0.2) is 0 Å². The number of amides is 1. The van der Waals surface area contributed by atoms with Crippen molar-refractivity contribution in [2.75, 3.05) is 13.7 Å². The summed E-state index contributed by atoms with van der Waals surface area (Å²) in [7, 11) is 1.61.